The van der Waals surface area contributed by atoms with E-state index >= 15 is 0 Å². The summed E-state index contributed by atoms with van der Waals surface area (Å²) in [6.45, 7) is 0.601. The van der Waals surface area contributed by atoms with Crippen molar-refractivity contribution in [3.8, 4) is 0 Å². The van der Waals surface area contributed by atoms with Gasteiger partial charge in [-0.15, -0.1) is 0 Å². The van der Waals surface area contributed by atoms with Crippen molar-refractivity contribution in [2.45, 2.75) is 0 Å². The molecule has 96 valence electrons. The summed E-state index contributed by atoms with van der Waals surface area (Å²) in [5.41, 5.74) is 1.16. The van der Waals surface area contributed by atoms with Crippen LogP contribution < -0.4 is 0 Å². The average Bonchev–Trinajstić information content (AvgIpc) is 3.07. The monoisotopic (exact) mass is 256 g/mol. The highest BCUT2D eigenvalue weighted by Crippen LogP contribution is 2.20. The molecule has 0 amide bonds. The second-order valence-electron chi connectivity index (χ2n) is 4.19. The molecule has 1 fully saturated rings. The van der Waals surface area contributed by atoms with Crippen molar-refractivity contribution in [3.63, 3.8) is 0 Å². The van der Waals surface area contributed by atoms with Crippen molar-refractivity contribution in [2.24, 2.45) is 0 Å². The lowest BCUT2D eigenvalue weighted by Crippen LogP contribution is -2.21. The van der Waals surface area contributed by atoms with E-state index in [2.05, 4.69) is 0 Å². The Morgan fingerprint density at radius 2 is 1.42 bits per heavy atom. The molecule has 0 unspecified atom stereocenters. The largest absolute Gasteiger partial charge is 0.465 e. The van der Waals surface area contributed by atoms with Gasteiger partial charge < -0.3 is 13.6 Å². The number of hydrogen-bond donors (Lipinski definition) is 0. The highest BCUT2D eigenvalue weighted by molar-refractivity contribution is 6.14. The van der Waals surface area contributed by atoms with Gasteiger partial charge in [0.1, 0.15) is 11.5 Å². The fourth-order valence-electron chi connectivity index (χ4n) is 1.91. The summed E-state index contributed by atoms with van der Waals surface area (Å²) in [5, 5.41) is 0. The topological polar surface area (TPSA) is 52.6 Å². The van der Waals surface area contributed by atoms with Crippen molar-refractivity contribution in [1.82, 2.24) is 0 Å². The van der Waals surface area contributed by atoms with E-state index in [-0.39, 0.29) is 5.78 Å². The Balaban J connectivity index is 1.87. The molecule has 2 aromatic heterocycles. The van der Waals surface area contributed by atoms with Gasteiger partial charge >= 0.3 is 0 Å². The summed E-state index contributed by atoms with van der Waals surface area (Å²) < 4.78 is 15.8. The first kappa shape index (κ1) is 11.7. The summed E-state index contributed by atoms with van der Waals surface area (Å²) >= 11 is 0. The van der Waals surface area contributed by atoms with Crippen LogP contribution in [0.5, 0.6) is 0 Å². The predicted octanol–water partition coefficient (Wildman–Crippen LogP) is 2.94. The third kappa shape index (κ3) is 2.58. The molecule has 19 heavy (non-hydrogen) atoms. The molecule has 0 aliphatic carbocycles. The first-order valence-corrected chi connectivity index (χ1v) is 5.93. The van der Waals surface area contributed by atoms with Gasteiger partial charge in [-0.05, 0) is 36.4 Å². The summed E-state index contributed by atoms with van der Waals surface area (Å²) in [5.74, 6) is 1.26. The van der Waals surface area contributed by atoms with Crippen LogP contribution in [0.1, 0.15) is 11.5 Å². The molecule has 0 radical (unpaired) electrons. The molecule has 4 heteroatoms. The summed E-state index contributed by atoms with van der Waals surface area (Å²) in [6.07, 6.45) is 6.55. The van der Waals surface area contributed by atoms with E-state index in [0.717, 1.165) is 0 Å². The lowest BCUT2D eigenvalue weighted by atomic mass is 10.0. The molecular formula is C15H12O4. The number of furan rings is 2. The van der Waals surface area contributed by atoms with E-state index in [1.54, 1.807) is 48.9 Å². The van der Waals surface area contributed by atoms with E-state index in [0.29, 0.717) is 35.9 Å². The van der Waals surface area contributed by atoms with Crippen LogP contribution in [0, 0.1) is 0 Å². The first-order valence-electron chi connectivity index (χ1n) is 5.93. The number of carbonyl (C=O) groups is 1. The van der Waals surface area contributed by atoms with Gasteiger partial charge in [0.25, 0.3) is 0 Å². The van der Waals surface area contributed by atoms with Gasteiger partial charge in [0.2, 0.25) is 0 Å². The van der Waals surface area contributed by atoms with Crippen LogP contribution >= 0.6 is 0 Å². The molecule has 1 aliphatic rings. The number of hydrogen-bond acceptors (Lipinski definition) is 4. The Hall–Kier alpha value is -2.33. The molecule has 1 aliphatic heterocycles. The van der Waals surface area contributed by atoms with Crippen LogP contribution in [-0.4, -0.2) is 19.0 Å². The third-order valence-electron chi connectivity index (χ3n) is 2.82. The molecule has 3 heterocycles. The van der Waals surface area contributed by atoms with Gasteiger partial charge in [0, 0.05) is 11.1 Å². The van der Waals surface area contributed by atoms with E-state index < -0.39 is 0 Å². The number of carbonyl (C=O) groups excluding carboxylic acids is 1. The SMILES string of the molecule is O=C1C(=Cc2ccco2)COC/C1=C\c1ccco1. The van der Waals surface area contributed by atoms with Crippen LogP contribution in [0.3, 0.4) is 0 Å². The van der Waals surface area contributed by atoms with E-state index in [1.807, 2.05) is 0 Å². The molecule has 0 spiro atoms. The Morgan fingerprint density at radius 1 is 0.895 bits per heavy atom. The quantitative estimate of drug-likeness (QED) is 0.775. The molecule has 2 aromatic rings. The van der Waals surface area contributed by atoms with Crippen molar-refractivity contribution in [3.05, 3.63) is 59.5 Å². The second-order valence-corrected chi connectivity index (χ2v) is 4.19. The molecule has 3 rings (SSSR count). The standard InChI is InChI=1S/C15H12O4/c16-15-11(7-13-3-1-5-18-13)9-17-10-12(15)8-14-4-2-6-19-14/h1-8H,9-10H2/b11-7+,12-8?. The molecular weight excluding hydrogens is 244 g/mol. The molecule has 4 nitrogen and oxygen atoms in total. The fraction of sp³-hybridized carbons (Fsp3) is 0.133. The minimum Gasteiger partial charge on any atom is -0.465 e. The van der Waals surface area contributed by atoms with Crippen LogP contribution in [0.2, 0.25) is 0 Å². The highest BCUT2D eigenvalue weighted by atomic mass is 16.5. The maximum absolute atomic E-state index is 12.3. The Morgan fingerprint density at radius 3 is 1.84 bits per heavy atom. The van der Waals surface area contributed by atoms with Gasteiger partial charge in [0.05, 0.1) is 25.7 Å². The summed E-state index contributed by atoms with van der Waals surface area (Å²) in [6, 6.07) is 7.15. The maximum Gasteiger partial charge on any atom is 0.189 e. The maximum atomic E-state index is 12.3. The molecule has 0 atom stereocenters. The van der Waals surface area contributed by atoms with E-state index in [9.17, 15) is 4.79 Å². The zero-order valence-electron chi connectivity index (χ0n) is 10.2. The Labute approximate surface area is 110 Å². The van der Waals surface area contributed by atoms with Gasteiger partial charge in [0.15, 0.2) is 5.78 Å². The van der Waals surface area contributed by atoms with E-state index in [4.69, 9.17) is 13.6 Å². The van der Waals surface area contributed by atoms with Gasteiger partial charge in [-0.25, -0.2) is 0 Å². The zero-order chi connectivity index (χ0) is 13.1. The van der Waals surface area contributed by atoms with Crippen LogP contribution in [0.4, 0.5) is 0 Å². The molecule has 0 bridgehead atoms. The average molecular weight is 256 g/mol. The zero-order valence-corrected chi connectivity index (χ0v) is 10.2. The van der Waals surface area contributed by atoms with E-state index in [1.165, 1.54) is 0 Å². The normalized spacial score (nSPS) is 20.3. The van der Waals surface area contributed by atoms with Crippen LogP contribution in [0.25, 0.3) is 12.2 Å². The molecule has 0 N–H and O–H groups in total. The third-order valence-corrected chi connectivity index (χ3v) is 2.82. The van der Waals surface area contributed by atoms with Gasteiger partial charge in [-0.2, -0.15) is 0 Å². The molecule has 0 aromatic carbocycles. The summed E-state index contributed by atoms with van der Waals surface area (Å²) in [4.78, 5) is 12.3. The van der Waals surface area contributed by atoms with Crippen LogP contribution in [0.15, 0.2) is 56.8 Å². The highest BCUT2D eigenvalue weighted by Gasteiger charge is 2.21. The Bertz CT molecular complexity index is 561. The van der Waals surface area contributed by atoms with Gasteiger partial charge in [-0.1, -0.05) is 0 Å². The molecule has 0 saturated carbocycles. The smallest absolute Gasteiger partial charge is 0.189 e. The Kier molecular flexibility index (Phi) is 3.16. The lowest BCUT2D eigenvalue weighted by molar-refractivity contribution is -0.114. The number of rotatable bonds is 2. The number of Topliss-reactive ketones (excluding diaryl/α,β-unsaturated/α-hetero) is 1. The van der Waals surface area contributed by atoms with Crippen molar-refractivity contribution in [1.29, 1.82) is 0 Å². The first-order chi connectivity index (χ1) is 9.33. The van der Waals surface area contributed by atoms with Crippen molar-refractivity contribution >= 4 is 17.9 Å². The summed E-state index contributed by atoms with van der Waals surface area (Å²) in [7, 11) is 0. The lowest BCUT2D eigenvalue weighted by Gasteiger charge is -2.16. The van der Waals surface area contributed by atoms with Crippen molar-refractivity contribution < 1.29 is 18.4 Å². The second kappa shape index (κ2) is 5.12. The number of ether oxygens (including phenoxy) is 1. The van der Waals surface area contributed by atoms with Crippen LogP contribution in [-0.2, 0) is 9.53 Å². The molecule has 1 saturated heterocycles. The number of ketones is 1. The predicted molar refractivity (Wildman–Crippen MR) is 69.2 cm³/mol. The van der Waals surface area contributed by atoms with Crippen molar-refractivity contribution in [2.75, 3.05) is 13.2 Å². The fourth-order valence-corrected chi connectivity index (χ4v) is 1.91. The minimum absolute atomic E-state index is 0.0287. The minimum atomic E-state index is -0.0287. The van der Waals surface area contributed by atoms with Gasteiger partial charge in [-0.3, -0.25) is 4.79 Å².